The number of carbonyl (C=O) groups is 1. The Kier molecular flexibility index (Phi) is 4.61. The Hall–Kier alpha value is -2.82. The summed E-state index contributed by atoms with van der Waals surface area (Å²) in [6.45, 7) is 2.79. The van der Waals surface area contributed by atoms with Crippen molar-refractivity contribution < 1.29 is 9.21 Å². The molecule has 1 fully saturated rings. The zero-order valence-corrected chi connectivity index (χ0v) is 14.9. The maximum Gasteiger partial charge on any atom is 0.272 e. The summed E-state index contributed by atoms with van der Waals surface area (Å²) in [6.07, 6.45) is 5.86. The fourth-order valence-corrected chi connectivity index (χ4v) is 3.59. The molecule has 0 unspecified atom stereocenters. The van der Waals surface area contributed by atoms with E-state index in [-0.39, 0.29) is 11.9 Å². The van der Waals surface area contributed by atoms with Crippen LogP contribution in [0.15, 0.2) is 53.1 Å². The highest BCUT2D eigenvalue weighted by Gasteiger charge is 2.30. The van der Waals surface area contributed by atoms with Crippen molar-refractivity contribution in [2.45, 2.75) is 38.6 Å². The second-order valence-electron chi connectivity index (χ2n) is 6.91. The SMILES string of the molecule is Cc1ccc(-c2cc(C(=O)N3CCCCC[C@@H]3c3ccco3)[nH]n2)cc1. The number of furan rings is 1. The molecule has 1 aliphatic heterocycles. The van der Waals surface area contributed by atoms with E-state index in [1.807, 2.05) is 47.4 Å². The maximum absolute atomic E-state index is 13.2. The summed E-state index contributed by atoms with van der Waals surface area (Å²) in [5.74, 6) is 0.845. The van der Waals surface area contributed by atoms with Crippen LogP contribution in [0.25, 0.3) is 11.3 Å². The summed E-state index contributed by atoms with van der Waals surface area (Å²) in [5, 5.41) is 7.28. The third kappa shape index (κ3) is 3.29. The van der Waals surface area contributed by atoms with Gasteiger partial charge in [0.1, 0.15) is 11.5 Å². The number of nitrogens with zero attached hydrogens (tertiary/aromatic N) is 2. The topological polar surface area (TPSA) is 62.1 Å². The maximum atomic E-state index is 13.2. The van der Waals surface area contributed by atoms with Gasteiger partial charge in [0, 0.05) is 12.1 Å². The zero-order valence-electron chi connectivity index (χ0n) is 14.9. The third-order valence-corrected chi connectivity index (χ3v) is 5.04. The lowest BCUT2D eigenvalue weighted by molar-refractivity contribution is 0.0652. The zero-order chi connectivity index (χ0) is 17.9. The molecule has 1 aromatic carbocycles. The summed E-state index contributed by atoms with van der Waals surface area (Å²) < 4.78 is 5.61. The van der Waals surface area contributed by atoms with Crippen molar-refractivity contribution in [2.24, 2.45) is 0 Å². The van der Waals surface area contributed by atoms with Gasteiger partial charge in [-0.3, -0.25) is 9.89 Å². The molecule has 0 spiro atoms. The van der Waals surface area contributed by atoms with Gasteiger partial charge in [0.25, 0.3) is 5.91 Å². The van der Waals surface area contributed by atoms with Gasteiger partial charge >= 0.3 is 0 Å². The predicted octanol–water partition coefficient (Wildman–Crippen LogP) is 4.74. The predicted molar refractivity (Wildman–Crippen MR) is 99.7 cm³/mol. The molecule has 1 N–H and O–H groups in total. The Morgan fingerprint density at radius 1 is 1.19 bits per heavy atom. The van der Waals surface area contributed by atoms with E-state index in [4.69, 9.17) is 4.42 Å². The Labute approximate surface area is 153 Å². The van der Waals surface area contributed by atoms with Crippen LogP contribution in [0.5, 0.6) is 0 Å². The third-order valence-electron chi connectivity index (χ3n) is 5.04. The van der Waals surface area contributed by atoms with Crippen molar-refractivity contribution in [1.29, 1.82) is 0 Å². The number of aromatic amines is 1. The number of hydrogen-bond acceptors (Lipinski definition) is 3. The number of hydrogen-bond donors (Lipinski definition) is 1. The van der Waals surface area contributed by atoms with Crippen LogP contribution in [-0.4, -0.2) is 27.5 Å². The molecule has 5 nitrogen and oxygen atoms in total. The number of aromatic nitrogens is 2. The molecule has 0 radical (unpaired) electrons. The molecule has 5 heteroatoms. The van der Waals surface area contributed by atoms with Crippen LogP contribution in [0.4, 0.5) is 0 Å². The number of aryl methyl sites for hydroxylation is 1. The number of nitrogens with one attached hydrogen (secondary N) is 1. The molecular weight excluding hydrogens is 326 g/mol. The number of carbonyl (C=O) groups excluding carboxylic acids is 1. The summed E-state index contributed by atoms with van der Waals surface area (Å²) in [4.78, 5) is 15.1. The second-order valence-corrected chi connectivity index (χ2v) is 6.91. The molecule has 3 aromatic rings. The molecule has 134 valence electrons. The van der Waals surface area contributed by atoms with Crippen LogP contribution in [0.1, 0.15) is 53.5 Å². The van der Waals surface area contributed by atoms with Crippen LogP contribution >= 0.6 is 0 Å². The van der Waals surface area contributed by atoms with E-state index in [1.54, 1.807) is 6.26 Å². The lowest BCUT2D eigenvalue weighted by Gasteiger charge is -2.28. The highest BCUT2D eigenvalue weighted by molar-refractivity contribution is 5.93. The van der Waals surface area contributed by atoms with E-state index >= 15 is 0 Å². The van der Waals surface area contributed by atoms with E-state index in [0.717, 1.165) is 49.2 Å². The summed E-state index contributed by atoms with van der Waals surface area (Å²) in [7, 11) is 0. The smallest absolute Gasteiger partial charge is 0.272 e. The minimum absolute atomic E-state index is 0.00822. The average molecular weight is 349 g/mol. The molecule has 1 amide bonds. The van der Waals surface area contributed by atoms with Crippen LogP contribution in [0, 0.1) is 6.92 Å². The first kappa shape index (κ1) is 16.6. The standard InChI is InChI=1S/C21H23N3O2/c1-15-8-10-16(11-9-15)17-14-18(23-22-17)21(25)24-12-4-2-3-6-19(24)20-7-5-13-26-20/h5,7-11,13-14,19H,2-4,6,12H2,1H3,(H,22,23)/t19-/m1/s1. The number of benzene rings is 1. The number of likely N-dealkylation sites (tertiary alicyclic amines) is 1. The minimum Gasteiger partial charge on any atom is -0.467 e. The Bertz CT molecular complexity index is 865. The van der Waals surface area contributed by atoms with Gasteiger partial charge in [0.05, 0.1) is 18.0 Å². The lowest BCUT2D eigenvalue weighted by Crippen LogP contribution is -2.34. The fraction of sp³-hybridized carbons (Fsp3) is 0.333. The van der Waals surface area contributed by atoms with Crippen molar-refractivity contribution in [1.82, 2.24) is 15.1 Å². The first-order valence-electron chi connectivity index (χ1n) is 9.19. The first-order valence-corrected chi connectivity index (χ1v) is 9.19. The molecule has 0 aliphatic carbocycles. The quantitative estimate of drug-likeness (QED) is 0.743. The number of H-pyrrole nitrogens is 1. The van der Waals surface area contributed by atoms with Crippen molar-refractivity contribution in [3.05, 3.63) is 65.7 Å². The second kappa shape index (κ2) is 7.20. The van der Waals surface area contributed by atoms with E-state index in [0.29, 0.717) is 5.69 Å². The van der Waals surface area contributed by atoms with Gasteiger partial charge in [-0.05, 0) is 38.0 Å². The van der Waals surface area contributed by atoms with Gasteiger partial charge < -0.3 is 9.32 Å². The van der Waals surface area contributed by atoms with Crippen molar-refractivity contribution in [3.8, 4) is 11.3 Å². The summed E-state index contributed by atoms with van der Waals surface area (Å²) in [5.41, 5.74) is 3.52. The monoisotopic (exact) mass is 349 g/mol. The minimum atomic E-state index is -0.0147. The van der Waals surface area contributed by atoms with Gasteiger partial charge in [-0.2, -0.15) is 5.10 Å². The molecule has 1 aliphatic rings. The largest absolute Gasteiger partial charge is 0.467 e. The van der Waals surface area contributed by atoms with E-state index in [2.05, 4.69) is 17.1 Å². The Morgan fingerprint density at radius 2 is 2.04 bits per heavy atom. The molecule has 4 rings (SSSR count). The van der Waals surface area contributed by atoms with Crippen LogP contribution in [-0.2, 0) is 0 Å². The van der Waals surface area contributed by atoms with E-state index < -0.39 is 0 Å². The molecule has 26 heavy (non-hydrogen) atoms. The summed E-state index contributed by atoms with van der Waals surface area (Å²) in [6, 6.07) is 13.8. The average Bonchev–Trinajstić information content (AvgIpc) is 3.30. The van der Waals surface area contributed by atoms with Gasteiger partial charge in [-0.15, -0.1) is 0 Å². The number of amides is 1. The lowest BCUT2D eigenvalue weighted by atomic mass is 10.1. The van der Waals surface area contributed by atoms with Crippen LogP contribution < -0.4 is 0 Å². The van der Waals surface area contributed by atoms with E-state index in [1.165, 1.54) is 5.56 Å². The fourth-order valence-electron chi connectivity index (χ4n) is 3.59. The molecule has 2 aromatic heterocycles. The first-order chi connectivity index (χ1) is 12.7. The van der Waals surface area contributed by atoms with Crippen LogP contribution in [0.3, 0.4) is 0 Å². The van der Waals surface area contributed by atoms with Crippen LogP contribution in [0.2, 0.25) is 0 Å². The van der Waals surface area contributed by atoms with Gasteiger partial charge in [-0.25, -0.2) is 0 Å². The Morgan fingerprint density at radius 3 is 2.81 bits per heavy atom. The Balaban J connectivity index is 1.60. The van der Waals surface area contributed by atoms with Crippen molar-refractivity contribution in [3.63, 3.8) is 0 Å². The highest BCUT2D eigenvalue weighted by atomic mass is 16.3. The van der Waals surface area contributed by atoms with Gasteiger partial charge in [0.2, 0.25) is 0 Å². The molecule has 1 atom stereocenters. The molecule has 1 saturated heterocycles. The van der Waals surface area contributed by atoms with E-state index in [9.17, 15) is 4.79 Å². The van der Waals surface area contributed by atoms with Crippen molar-refractivity contribution >= 4 is 5.91 Å². The number of rotatable bonds is 3. The highest BCUT2D eigenvalue weighted by Crippen LogP contribution is 2.31. The van der Waals surface area contributed by atoms with Gasteiger partial charge in [-0.1, -0.05) is 42.7 Å². The molecule has 0 saturated carbocycles. The molecular formula is C21H23N3O2. The van der Waals surface area contributed by atoms with Gasteiger partial charge in [0.15, 0.2) is 0 Å². The molecule has 0 bridgehead atoms. The van der Waals surface area contributed by atoms with Crippen molar-refractivity contribution in [2.75, 3.05) is 6.54 Å². The molecule has 3 heterocycles. The normalized spacial score (nSPS) is 17.9. The summed E-state index contributed by atoms with van der Waals surface area (Å²) >= 11 is 0.